The second-order valence-electron chi connectivity index (χ2n) is 5.09. The maximum Gasteiger partial charge on any atom is 0.469 e. The third-order valence-corrected chi connectivity index (χ3v) is 4.07. The molecule has 0 radical (unpaired) electrons. The fraction of sp³-hybridized carbons (Fsp3) is 0.600. The summed E-state index contributed by atoms with van der Waals surface area (Å²) in [5.74, 6) is -3.16. The van der Waals surface area contributed by atoms with Crippen molar-refractivity contribution >= 4 is 25.2 Å². The quantitative estimate of drug-likeness (QED) is 0.299. The molecule has 1 aliphatic rings. The molecule has 1 fully saturated rings. The molecule has 24 heavy (non-hydrogen) atoms. The summed E-state index contributed by atoms with van der Waals surface area (Å²) >= 11 is 5.85. The summed E-state index contributed by atoms with van der Waals surface area (Å²) in [5.41, 5.74) is 1.84. The van der Waals surface area contributed by atoms with Crippen LogP contribution in [-0.2, 0) is 19.6 Å². The number of ether oxygens (including phenoxy) is 1. The van der Waals surface area contributed by atoms with Crippen molar-refractivity contribution in [1.82, 2.24) is 9.55 Å². The van der Waals surface area contributed by atoms with E-state index in [2.05, 4.69) is 9.51 Å². The smallest absolute Gasteiger partial charge is 0.391 e. The molecule has 1 aromatic rings. The number of rotatable bonds is 5. The standard InChI is InChI=1S/C10H14ClFN3O8P/c11-6-1-7(13)14-8(18)15(6)10(3-16)5(17)2-9(12,23-10)4-22-24(19,20)21/h1,5,16-17H,2-4H2,(H2,13,14,18)(H2,19,20,21)/t5-,9+,10-/m1/s1. The zero-order chi connectivity index (χ0) is 18.3. The van der Waals surface area contributed by atoms with Crippen molar-refractivity contribution in [2.75, 3.05) is 18.9 Å². The Kier molecular flexibility index (Phi) is 5.06. The lowest BCUT2D eigenvalue weighted by molar-refractivity contribution is -0.246. The van der Waals surface area contributed by atoms with Crippen LogP contribution < -0.4 is 11.4 Å². The summed E-state index contributed by atoms with van der Waals surface area (Å²) in [6, 6.07) is 1.01. The Labute approximate surface area is 138 Å². The number of aliphatic hydroxyl groups is 2. The van der Waals surface area contributed by atoms with E-state index < -0.39 is 56.0 Å². The highest BCUT2D eigenvalue weighted by molar-refractivity contribution is 7.46. The molecular weight excluding hydrogens is 376 g/mol. The molecule has 1 saturated heterocycles. The van der Waals surface area contributed by atoms with Gasteiger partial charge in [0.1, 0.15) is 23.7 Å². The van der Waals surface area contributed by atoms with Crippen LogP contribution in [0.4, 0.5) is 10.2 Å². The first-order chi connectivity index (χ1) is 10.9. The van der Waals surface area contributed by atoms with Crippen LogP contribution in [0.3, 0.4) is 0 Å². The highest BCUT2D eigenvalue weighted by Gasteiger charge is 2.59. The van der Waals surface area contributed by atoms with E-state index in [1.165, 1.54) is 0 Å². The van der Waals surface area contributed by atoms with Crippen molar-refractivity contribution in [3.63, 3.8) is 0 Å². The number of aromatic nitrogens is 2. The Hall–Kier alpha value is -1.11. The zero-order valence-electron chi connectivity index (χ0n) is 11.9. The fourth-order valence-electron chi connectivity index (χ4n) is 2.36. The van der Waals surface area contributed by atoms with Gasteiger partial charge in [-0.05, 0) is 0 Å². The minimum absolute atomic E-state index is 0.252. The Balaban J connectivity index is 2.44. The maximum absolute atomic E-state index is 14.6. The van der Waals surface area contributed by atoms with Gasteiger partial charge in [-0.3, -0.25) is 4.52 Å². The maximum atomic E-state index is 14.6. The lowest BCUT2D eigenvalue weighted by Crippen LogP contribution is -2.52. The molecule has 1 aromatic heterocycles. The van der Waals surface area contributed by atoms with Gasteiger partial charge in [0.25, 0.3) is 0 Å². The molecule has 6 N–H and O–H groups in total. The normalized spacial score (nSPS) is 30.7. The van der Waals surface area contributed by atoms with Gasteiger partial charge in [0.15, 0.2) is 0 Å². The topological polar surface area (TPSA) is 177 Å². The first kappa shape index (κ1) is 19.2. The molecule has 1 aliphatic heterocycles. The number of nitrogens with zero attached hydrogens (tertiary/aromatic N) is 2. The minimum Gasteiger partial charge on any atom is -0.391 e. The first-order valence-corrected chi connectivity index (χ1v) is 8.27. The van der Waals surface area contributed by atoms with Gasteiger partial charge < -0.3 is 30.5 Å². The predicted octanol–water partition coefficient (Wildman–Crippen LogP) is -1.32. The van der Waals surface area contributed by atoms with Crippen molar-refractivity contribution in [3.8, 4) is 0 Å². The van der Waals surface area contributed by atoms with Crippen molar-refractivity contribution in [2.24, 2.45) is 0 Å². The molecule has 0 aromatic carbocycles. The molecule has 0 aliphatic carbocycles. The number of hydrogen-bond donors (Lipinski definition) is 5. The molecule has 14 heteroatoms. The summed E-state index contributed by atoms with van der Waals surface area (Å²) in [6.45, 7) is -2.36. The molecular formula is C10H14ClFN3O8P. The van der Waals surface area contributed by atoms with E-state index in [4.69, 9.17) is 31.9 Å². The highest BCUT2D eigenvalue weighted by Crippen LogP contribution is 2.46. The van der Waals surface area contributed by atoms with Crippen LogP contribution in [0.1, 0.15) is 6.42 Å². The van der Waals surface area contributed by atoms with Crippen LogP contribution in [-0.4, -0.2) is 54.7 Å². The van der Waals surface area contributed by atoms with E-state index >= 15 is 0 Å². The van der Waals surface area contributed by atoms with Crippen molar-refractivity contribution in [2.45, 2.75) is 24.1 Å². The van der Waals surface area contributed by atoms with E-state index in [-0.39, 0.29) is 5.82 Å². The molecule has 0 unspecified atom stereocenters. The Morgan fingerprint density at radius 3 is 2.75 bits per heavy atom. The first-order valence-electron chi connectivity index (χ1n) is 6.36. The monoisotopic (exact) mass is 389 g/mol. The number of hydrogen-bond acceptors (Lipinski definition) is 8. The number of anilines is 1. The number of nitrogen functional groups attached to an aromatic ring is 1. The van der Waals surface area contributed by atoms with E-state index in [0.717, 1.165) is 6.07 Å². The van der Waals surface area contributed by atoms with E-state index in [1.807, 2.05) is 0 Å². The van der Waals surface area contributed by atoms with Gasteiger partial charge in [-0.2, -0.15) is 4.98 Å². The third kappa shape index (κ3) is 3.60. The molecule has 136 valence electrons. The van der Waals surface area contributed by atoms with E-state index in [0.29, 0.717) is 4.57 Å². The van der Waals surface area contributed by atoms with Crippen molar-refractivity contribution < 1.29 is 38.2 Å². The Morgan fingerprint density at radius 1 is 1.62 bits per heavy atom. The average molecular weight is 390 g/mol. The Bertz CT molecular complexity index is 743. The number of alkyl halides is 1. The van der Waals surface area contributed by atoms with Gasteiger partial charge in [-0.25, -0.2) is 18.3 Å². The van der Waals surface area contributed by atoms with Gasteiger partial charge in [0.05, 0.1) is 6.61 Å². The van der Waals surface area contributed by atoms with Gasteiger partial charge in [-0.1, -0.05) is 11.6 Å². The van der Waals surface area contributed by atoms with Gasteiger partial charge >= 0.3 is 13.5 Å². The summed E-state index contributed by atoms with van der Waals surface area (Å²) in [4.78, 5) is 32.6. The third-order valence-electron chi connectivity index (χ3n) is 3.33. The molecule has 0 saturated carbocycles. The minimum atomic E-state index is -5.02. The highest BCUT2D eigenvalue weighted by atomic mass is 35.5. The van der Waals surface area contributed by atoms with Crippen LogP contribution in [0.5, 0.6) is 0 Å². The molecule has 2 heterocycles. The molecule has 3 atom stereocenters. The van der Waals surface area contributed by atoms with Gasteiger partial charge in [0, 0.05) is 12.5 Å². The van der Waals surface area contributed by atoms with Gasteiger partial charge in [-0.15, -0.1) is 0 Å². The number of phosphoric acid groups is 1. The number of phosphoric ester groups is 1. The fourth-order valence-corrected chi connectivity index (χ4v) is 3.05. The van der Waals surface area contributed by atoms with E-state index in [1.54, 1.807) is 0 Å². The van der Waals surface area contributed by atoms with Crippen LogP contribution in [0.2, 0.25) is 5.15 Å². The summed E-state index contributed by atoms with van der Waals surface area (Å²) in [5, 5.41) is 19.3. The second kappa shape index (κ2) is 6.32. The lowest BCUT2D eigenvalue weighted by Gasteiger charge is -2.33. The summed E-state index contributed by atoms with van der Waals surface area (Å²) in [6.07, 6.45) is -2.67. The largest absolute Gasteiger partial charge is 0.469 e. The number of halogens is 2. The Morgan fingerprint density at radius 2 is 2.25 bits per heavy atom. The number of nitrogens with two attached hydrogens (primary N) is 1. The molecule has 2 rings (SSSR count). The molecule has 0 amide bonds. The zero-order valence-corrected chi connectivity index (χ0v) is 13.5. The van der Waals surface area contributed by atoms with Crippen molar-refractivity contribution in [1.29, 1.82) is 0 Å². The second-order valence-corrected chi connectivity index (χ2v) is 6.72. The lowest BCUT2D eigenvalue weighted by atomic mass is 10.1. The average Bonchev–Trinajstić information content (AvgIpc) is 2.67. The molecule has 0 spiro atoms. The van der Waals surface area contributed by atoms with Gasteiger partial charge in [0.2, 0.25) is 11.6 Å². The molecule has 11 nitrogen and oxygen atoms in total. The summed E-state index contributed by atoms with van der Waals surface area (Å²) in [7, 11) is -5.02. The summed E-state index contributed by atoms with van der Waals surface area (Å²) < 4.78 is 34.8. The van der Waals surface area contributed by atoms with Crippen LogP contribution in [0.25, 0.3) is 0 Å². The van der Waals surface area contributed by atoms with Crippen LogP contribution in [0, 0.1) is 0 Å². The number of aliphatic hydroxyl groups excluding tert-OH is 2. The van der Waals surface area contributed by atoms with Crippen LogP contribution in [0.15, 0.2) is 10.9 Å². The predicted molar refractivity (Wildman–Crippen MR) is 76.5 cm³/mol. The van der Waals surface area contributed by atoms with Crippen LogP contribution >= 0.6 is 19.4 Å². The SMILES string of the molecule is Nc1cc(Cl)n([C@]2(CO)O[C@](F)(COP(=O)(O)O)C[C@H]2O)c(=O)n1. The molecule has 0 bridgehead atoms. The van der Waals surface area contributed by atoms with Crippen molar-refractivity contribution in [3.05, 3.63) is 21.7 Å². The van der Waals surface area contributed by atoms with E-state index in [9.17, 15) is 24.0 Å².